The SMILES string of the molecule is CCOc1cc(NC2CCC(SC)C2)nc(C)n1. The first kappa shape index (κ1) is 13.5. The van der Waals surface area contributed by atoms with Crippen LogP contribution in [0, 0.1) is 6.92 Å². The van der Waals surface area contributed by atoms with Gasteiger partial charge in [0.05, 0.1) is 6.61 Å². The van der Waals surface area contributed by atoms with Crippen LogP contribution < -0.4 is 10.1 Å². The van der Waals surface area contributed by atoms with Gasteiger partial charge in [-0.15, -0.1) is 0 Å². The van der Waals surface area contributed by atoms with E-state index in [9.17, 15) is 0 Å². The number of nitrogens with zero attached hydrogens (tertiary/aromatic N) is 2. The molecule has 0 spiro atoms. The minimum atomic E-state index is 0.534. The van der Waals surface area contributed by atoms with E-state index in [0.29, 0.717) is 18.5 Å². The van der Waals surface area contributed by atoms with Gasteiger partial charge in [0.15, 0.2) is 0 Å². The molecular weight excluding hydrogens is 246 g/mol. The Kier molecular flexibility index (Phi) is 4.69. The number of aromatic nitrogens is 2. The van der Waals surface area contributed by atoms with Crippen LogP contribution in [0.5, 0.6) is 5.88 Å². The molecule has 4 nitrogen and oxygen atoms in total. The highest BCUT2D eigenvalue weighted by Crippen LogP contribution is 2.30. The zero-order valence-corrected chi connectivity index (χ0v) is 12.1. The van der Waals surface area contributed by atoms with Crippen molar-refractivity contribution in [1.29, 1.82) is 0 Å². The number of ether oxygens (including phenoxy) is 1. The van der Waals surface area contributed by atoms with E-state index >= 15 is 0 Å². The highest BCUT2D eigenvalue weighted by Gasteiger charge is 2.24. The zero-order valence-electron chi connectivity index (χ0n) is 11.3. The molecular formula is C13H21N3OS. The van der Waals surface area contributed by atoms with Crippen molar-refractivity contribution in [1.82, 2.24) is 9.97 Å². The van der Waals surface area contributed by atoms with Crippen LogP contribution in [0.25, 0.3) is 0 Å². The Morgan fingerprint density at radius 1 is 1.44 bits per heavy atom. The topological polar surface area (TPSA) is 47.0 Å². The van der Waals surface area contributed by atoms with Crippen LogP contribution >= 0.6 is 11.8 Å². The van der Waals surface area contributed by atoms with Crippen molar-refractivity contribution < 1.29 is 4.74 Å². The highest BCUT2D eigenvalue weighted by molar-refractivity contribution is 7.99. The number of hydrogen-bond donors (Lipinski definition) is 1. The first-order valence-corrected chi connectivity index (χ1v) is 7.78. The van der Waals surface area contributed by atoms with Crippen molar-refractivity contribution in [2.24, 2.45) is 0 Å². The van der Waals surface area contributed by atoms with Crippen LogP contribution in [0.4, 0.5) is 5.82 Å². The molecule has 1 saturated carbocycles. The van der Waals surface area contributed by atoms with Gasteiger partial charge in [0.25, 0.3) is 0 Å². The Balaban J connectivity index is 2.00. The third-order valence-electron chi connectivity index (χ3n) is 3.18. The van der Waals surface area contributed by atoms with Crippen molar-refractivity contribution in [2.75, 3.05) is 18.2 Å². The molecule has 1 fully saturated rings. The fourth-order valence-corrected chi connectivity index (χ4v) is 3.13. The number of aryl methyl sites for hydroxylation is 1. The predicted octanol–water partition coefficient (Wildman–Crippen LogP) is 2.88. The van der Waals surface area contributed by atoms with E-state index in [0.717, 1.165) is 16.9 Å². The molecule has 1 aromatic heterocycles. The van der Waals surface area contributed by atoms with Crippen molar-refractivity contribution >= 4 is 17.6 Å². The fourth-order valence-electron chi connectivity index (χ4n) is 2.33. The van der Waals surface area contributed by atoms with Crippen LogP contribution in [0.2, 0.25) is 0 Å². The smallest absolute Gasteiger partial charge is 0.218 e. The molecule has 0 radical (unpaired) electrons. The van der Waals surface area contributed by atoms with Gasteiger partial charge in [-0.25, -0.2) is 4.98 Å². The maximum atomic E-state index is 5.44. The highest BCUT2D eigenvalue weighted by atomic mass is 32.2. The summed E-state index contributed by atoms with van der Waals surface area (Å²) in [5.41, 5.74) is 0. The molecule has 2 atom stereocenters. The van der Waals surface area contributed by atoms with Crippen LogP contribution in [0.15, 0.2) is 6.07 Å². The van der Waals surface area contributed by atoms with Gasteiger partial charge in [0.2, 0.25) is 5.88 Å². The van der Waals surface area contributed by atoms with E-state index in [-0.39, 0.29) is 0 Å². The summed E-state index contributed by atoms with van der Waals surface area (Å²) < 4.78 is 5.44. The third-order valence-corrected chi connectivity index (χ3v) is 4.27. The Hall–Kier alpha value is -0.970. The Labute approximate surface area is 113 Å². The van der Waals surface area contributed by atoms with Crippen molar-refractivity contribution in [3.8, 4) is 5.88 Å². The van der Waals surface area contributed by atoms with Gasteiger partial charge < -0.3 is 10.1 Å². The van der Waals surface area contributed by atoms with Gasteiger partial charge in [0, 0.05) is 17.4 Å². The second-order valence-corrected chi connectivity index (χ2v) is 5.72. The molecule has 2 rings (SSSR count). The molecule has 1 aliphatic rings. The molecule has 100 valence electrons. The molecule has 5 heteroatoms. The predicted molar refractivity (Wildman–Crippen MR) is 76.5 cm³/mol. The summed E-state index contributed by atoms with van der Waals surface area (Å²) in [5.74, 6) is 2.30. The summed E-state index contributed by atoms with van der Waals surface area (Å²) >= 11 is 1.96. The molecule has 0 bridgehead atoms. The van der Waals surface area contributed by atoms with E-state index < -0.39 is 0 Å². The number of nitrogens with one attached hydrogen (secondary N) is 1. The molecule has 2 unspecified atom stereocenters. The van der Waals surface area contributed by atoms with Crippen LogP contribution in [0.3, 0.4) is 0 Å². The number of thioether (sulfide) groups is 1. The lowest BCUT2D eigenvalue weighted by atomic mass is 10.2. The normalized spacial score (nSPS) is 23.1. The first-order chi connectivity index (χ1) is 8.71. The summed E-state index contributed by atoms with van der Waals surface area (Å²) in [6.45, 7) is 4.49. The minimum absolute atomic E-state index is 0.534. The van der Waals surface area contributed by atoms with Gasteiger partial charge in [-0.2, -0.15) is 16.7 Å². The monoisotopic (exact) mass is 267 g/mol. The van der Waals surface area contributed by atoms with Crippen LogP contribution in [0.1, 0.15) is 32.0 Å². The van der Waals surface area contributed by atoms with Crippen molar-refractivity contribution in [3.63, 3.8) is 0 Å². The van der Waals surface area contributed by atoms with Crippen molar-refractivity contribution in [2.45, 2.75) is 44.4 Å². The molecule has 1 aliphatic carbocycles. The summed E-state index contributed by atoms with van der Waals surface area (Å²) in [4.78, 5) is 8.67. The number of anilines is 1. The average Bonchev–Trinajstić information content (AvgIpc) is 2.76. The van der Waals surface area contributed by atoms with Gasteiger partial charge in [-0.3, -0.25) is 0 Å². The summed E-state index contributed by atoms with van der Waals surface area (Å²) in [6.07, 6.45) is 5.92. The maximum Gasteiger partial charge on any atom is 0.218 e. The molecule has 1 N–H and O–H groups in total. The third kappa shape index (κ3) is 3.51. The van der Waals surface area contributed by atoms with E-state index in [1.165, 1.54) is 19.3 Å². The average molecular weight is 267 g/mol. The van der Waals surface area contributed by atoms with E-state index in [4.69, 9.17) is 4.74 Å². The van der Waals surface area contributed by atoms with E-state index in [1.807, 2.05) is 31.7 Å². The second-order valence-electron chi connectivity index (χ2n) is 4.58. The lowest BCUT2D eigenvalue weighted by molar-refractivity contribution is 0.325. The first-order valence-electron chi connectivity index (χ1n) is 6.49. The largest absolute Gasteiger partial charge is 0.478 e. The van der Waals surface area contributed by atoms with E-state index in [2.05, 4.69) is 21.5 Å². The minimum Gasteiger partial charge on any atom is -0.478 e. The lowest BCUT2D eigenvalue weighted by Crippen LogP contribution is -2.17. The van der Waals surface area contributed by atoms with Gasteiger partial charge in [0.1, 0.15) is 11.6 Å². The maximum absolute atomic E-state index is 5.44. The molecule has 18 heavy (non-hydrogen) atoms. The Morgan fingerprint density at radius 2 is 2.28 bits per heavy atom. The fraction of sp³-hybridized carbons (Fsp3) is 0.692. The number of hydrogen-bond acceptors (Lipinski definition) is 5. The van der Waals surface area contributed by atoms with Gasteiger partial charge in [-0.05, 0) is 39.4 Å². The molecule has 0 amide bonds. The van der Waals surface area contributed by atoms with Crippen LogP contribution in [-0.4, -0.2) is 34.1 Å². The molecule has 1 heterocycles. The lowest BCUT2D eigenvalue weighted by Gasteiger charge is -2.14. The van der Waals surface area contributed by atoms with Crippen molar-refractivity contribution in [3.05, 3.63) is 11.9 Å². The molecule has 0 saturated heterocycles. The van der Waals surface area contributed by atoms with Crippen LogP contribution in [-0.2, 0) is 0 Å². The number of rotatable bonds is 5. The van der Waals surface area contributed by atoms with Gasteiger partial charge >= 0.3 is 0 Å². The molecule has 1 aromatic rings. The quantitative estimate of drug-likeness (QED) is 0.889. The van der Waals surface area contributed by atoms with E-state index in [1.54, 1.807) is 0 Å². The standard InChI is InChI=1S/C13H21N3OS/c1-4-17-13-8-12(14-9(2)15-13)16-10-5-6-11(7-10)18-3/h8,10-11H,4-7H2,1-3H3,(H,14,15,16). The summed E-state index contributed by atoms with van der Waals surface area (Å²) in [7, 11) is 0. The molecule has 0 aromatic carbocycles. The Morgan fingerprint density at radius 3 is 2.94 bits per heavy atom. The molecule has 0 aliphatic heterocycles. The zero-order chi connectivity index (χ0) is 13.0. The van der Waals surface area contributed by atoms with Gasteiger partial charge in [-0.1, -0.05) is 0 Å². The second kappa shape index (κ2) is 6.27. The Bertz CT molecular complexity index is 400. The summed E-state index contributed by atoms with van der Waals surface area (Å²) in [5, 5.41) is 4.29. The summed E-state index contributed by atoms with van der Waals surface area (Å²) in [6, 6.07) is 2.43.